The minimum atomic E-state index is 0.613. The standard InChI is InChI=1S/C14H21NO2/c1-16-10-13-9-12(3-4-14(13)17-2)11-5-7-15-8-6-11/h3-4,9,11,15H,5-8,10H2,1-2H3. The van der Waals surface area contributed by atoms with Crippen LogP contribution in [0.1, 0.15) is 29.9 Å². The molecular formula is C14H21NO2. The minimum Gasteiger partial charge on any atom is -0.496 e. The van der Waals surface area contributed by atoms with Crippen molar-refractivity contribution in [1.82, 2.24) is 5.32 Å². The Balaban J connectivity index is 2.19. The summed E-state index contributed by atoms with van der Waals surface area (Å²) in [4.78, 5) is 0. The van der Waals surface area contributed by atoms with Gasteiger partial charge in [-0.15, -0.1) is 0 Å². The maximum absolute atomic E-state index is 5.35. The van der Waals surface area contributed by atoms with Gasteiger partial charge in [0.05, 0.1) is 13.7 Å². The number of piperidine rings is 1. The number of methoxy groups -OCH3 is 2. The molecule has 1 aromatic rings. The molecule has 0 amide bonds. The van der Waals surface area contributed by atoms with Crippen LogP contribution in [-0.2, 0) is 11.3 Å². The molecule has 0 atom stereocenters. The first-order valence-electron chi connectivity index (χ1n) is 6.21. The Bertz CT molecular complexity index is 359. The fourth-order valence-corrected chi connectivity index (χ4v) is 2.48. The predicted molar refractivity (Wildman–Crippen MR) is 68.6 cm³/mol. The largest absolute Gasteiger partial charge is 0.496 e. The Labute approximate surface area is 103 Å². The molecule has 0 radical (unpaired) electrons. The molecule has 2 rings (SSSR count). The van der Waals surface area contributed by atoms with Crippen LogP contribution < -0.4 is 10.1 Å². The molecule has 1 aliphatic rings. The van der Waals surface area contributed by atoms with Crippen LogP contribution in [0, 0.1) is 0 Å². The summed E-state index contributed by atoms with van der Waals surface area (Å²) in [5.74, 6) is 1.60. The molecule has 3 heteroatoms. The van der Waals surface area contributed by atoms with Crippen molar-refractivity contribution in [2.24, 2.45) is 0 Å². The van der Waals surface area contributed by atoms with Gasteiger partial charge in [0.25, 0.3) is 0 Å². The van der Waals surface area contributed by atoms with Gasteiger partial charge < -0.3 is 14.8 Å². The lowest BCUT2D eigenvalue weighted by Crippen LogP contribution is -2.26. The van der Waals surface area contributed by atoms with Crippen LogP contribution in [0.4, 0.5) is 0 Å². The van der Waals surface area contributed by atoms with Crippen LogP contribution in [0.3, 0.4) is 0 Å². The van der Waals surface area contributed by atoms with E-state index in [0.29, 0.717) is 12.5 Å². The van der Waals surface area contributed by atoms with E-state index < -0.39 is 0 Å². The lowest BCUT2D eigenvalue weighted by molar-refractivity contribution is 0.181. The van der Waals surface area contributed by atoms with Crippen molar-refractivity contribution in [3.63, 3.8) is 0 Å². The van der Waals surface area contributed by atoms with Crippen molar-refractivity contribution in [1.29, 1.82) is 0 Å². The molecular weight excluding hydrogens is 214 g/mol. The lowest BCUT2D eigenvalue weighted by atomic mass is 9.89. The average molecular weight is 235 g/mol. The third kappa shape index (κ3) is 2.99. The highest BCUT2D eigenvalue weighted by atomic mass is 16.5. The topological polar surface area (TPSA) is 30.5 Å². The van der Waals surface area contributed by atoms with Crippen LogP contribution in [0.25, 0.3) is 0 Å². The van der Waals surface area contributed by atoms with Gasteiger partial charge in [0.2, 0.25) is 0 Å². The van der Waals surface area contributed by atoms with Crippen LogP contribution in [0.15, 0.2) is 18.2 Å². The Morgan fingerprint density at radius 1 is 1.24 bits per heavy atom. The summed E-state index contributed by atoms with van der Waals surface area (Å²) in [5.41, 5.74) is 2.56. The maximum Gasteiger partial charge on any atom is 0.124 e. The summed E-state index contributed by atoms with van der Waals surface area (Å²) in [6, 6.07) is 6.48. The first-order chi connectivity index (χ1) is 8.35. The van der Waals surface area contributed by atoms with E-state index in [-0.39, 0.29) is 0 Å². The van der Waals surface area contributed by atoms with Crippen molar-refractivity contribution >= 4 is 0 Å². The van der Waals surface area contributed by atoms with Crippen molar-refractivity contribution < 1.29 is 9.47 Å². The molecule has 0 aromatic heterocycles. The van der Waals surface area contributed by atoms with Crippen LogP contribution in [-0.4, -0.2) is 27.3 Å². The van der Waals surface area contributed by atoms with Gasteiger partial charge >= 0.3 is 0 Å². The summed E-state index contributed by atoms with van der Waals surface area (Å²) >= 11 is 0. The van der Waals surface area contributed by atoms with Crippen molar-refractivity contribution in [2.75, 3.05) is 27.3 Å². The van der Waals surface area contributed by atoms with Crippen molar-refractivity contribution in [3.8, 4) is 5.75 Å². The zero-order valence-electron chi connectivity index (χ0n) is 10.7. The summed E-state index contributed by atoms with van der Waals surface area (Å²) < 4.78 is 10.6. The summed E-state index contributed by atoms with van der Waals surface area (Å²) in [7, 11) is 3.43. The van der Waals surface area contributed by atoms with E-state index in [4.69, 9.17) is 9.47 Å². The van der Waals surface area contributed by atoms with Crippen LogP contribution >= 0.6 is 0 Å². The van der Waals surface area contributed by atoms with E-state index in [1.807, 2.05) is 0 Å². The Kier molecular flexibility index (Phi) is 4.40. The first kappa shape index (κ1) is 12.4. The molecule has 0 bridgehead atoms. The molecule has 3 nitrogen and oxygen atoms in total. The average Bonchev–Trinajstić information content (AvgIpc) is 2.40. The molecule has 0 spiro atoms. The highest BCUT2D eigenvalue weighted by molar-refractivity contribution is 5.38. The Hall–Kier alpha value is -1.06. The van der Waals surface area contributed by atoms with E-state index >= 15 is 0 Å². The van der Waals surface area contributed by atoms with Crippen LogP contribution in [0.5, 0.6) is 5.75 Å². The molecule has 1 saturated heterocycles. The van der Waals surface area contributed by atoms with Gasteiger partial charge in [-0.2, -0.15) is 0 Å². The van der Waals surface area contributed by atoms with Gasteiger partial charge in [-0.1, -0.05) is 6.07 Å². The second-order valence-corrected chi connectivity index (χ2v) is 4.53. The van der Waals surface area contributed by atoms with E-state index in [1.54, 1.807) is 14.2 Å². The fourth-order valence-electron chi connectivity index (χ4n) is 2.48. The molecule has 1 N–H and O–H groups in total. The Morgan fingerprint density at radius 2 is 2.00 bits per heavy atom. The SMILES string of the molecule is COCc1cc(C2CCNCC2)ccc1OC. The number of nitrogens with one attached hydrogen (secondary N) is 1. The number of ether oxygens (including phenoxy) is 2. The van der Waals surface area contributed by atoms with E-state index in [0.717, 1.165) is 24.4 Å². The maximum atomic E-state index is 5.35. The number of hydrogen-bond acceptors (Lipinski definition) is 3. The molecule has 1 aliphatic heterocycles. The second kappa shape index (κ2) is 6.03. The quantitative estimate of drug-likeness (QED) is 0.868. The van der Waals surface area contributed by atoms with E-state index in [1.165, 1.54) is 18.4 Å². The highest BCUT2D eigenvalue weighted by Gasteiger charge is 2.16. The van der Waals surface area contributed by atoms with Crippen molar-refractivity contribution in [2.45, 2.75) is 25.4 Å². The van der Waals surface area contributed by atoms with Gasteiger partial charge in [0.15, 0.2) is 0 Å². The van der Waals surface area contributed by atoms with Crippen molar-refractivity contribution in [3.05, 3.63) is 29.3 Å². The summed E-state index contributed by atoms with van der Waals surface area (Å²) in [6.07, 6.45) is 2.44. The Morgan fingerprint density at radius 3 is 2.65 bits per heavy atom. The van der Waals surface area contributed by atoms with Gasteiger partial charge in [0.1, 0.15) is 5.75 Å². The van der Waals surface area contributed by atoms with E-state index in [2.05, 4.69) is 23.5 Å². The smallest absolute Gasteiger partial charge is 0.124 e. The zero-order chi connectivity index (χ0) is 12.1. The number of hydrogen-bond donors (Lipinski definition) is 1. The third-order valence-electron chi connectivity index (χ3n) is 3.41. The molecule has 1 aromatic carbocycles. The molecule has 0 saturated carbocycles. The summed E-state index contributed by atoms with van der Waals surface area (Å²) in [5, 5.41) is 3.40. The monoisotopic (exact) mass is 235 g/mol. The molecule has 1 heterocycles. The molecule has 17 heavy (non-hydrogen) atoms. The van der Waals surface area contributed by atoms with Gasteiger partial charge in [-0.05, 0) is 49.5 Å². The number of benzene rings is 1. The molecule has 0 aliphatic carbocycles. The normalized spacial score (nSPS) is 17.1. The summed E-state index contributed by atoms with van der Waals surface area (Å²) in [6.45, 7) is 2.86. The van der Waals surface area contributed by atoms with Crippen LogP contribution in [0.2, 0.25) is 0 Å². The molecule has 1 fully saturated rings. The minimum absolute atomic E-state index is 0.613. The van der Waals surface area contributed by atoms with Gasteiger partial charge in [0, 0.05) is 12.7 Å². The van der Waals surface area contributed by atoms with E-state index in [9.17, 15) is 0 Å². The lowest BCUT2D eigenvalue weighted by Gasteiger charge is -2.23. The third-order valence-corrected chi connectivity index (χ3v) is 3.41. The zero-order valence-corrected chi connectivity index (χ0v) is 10.7. The fraction of sp³-hybridized carbons (Fsp3) is 0.571. The first-order valence-corrected chi connectivity index (χ1v) is 6.21. The van der Waals surface area contributed by atoms with Gasteiger partial charge in [-0.25, -0.2) is 0 Å². The molecule has 94 valence electrons. The highest BCUT2D eigenvalue weighted by Crippen LogP contribution is 2.29. The number of rotatable bonds is 4. The second-order valence-electron chi connectivity index (χ2n) is 4.53. The molecule has 0 unspecified atom stereocenters. The predicted octanol–water partition coefficient (Wildman–Crippen LogP) is 2.31. The van der Waals surface area contributed by atoms with Gasteiger partial charge in [-0.3, -0.25) is 0 Å².